The van der Waals surface area contributed by atoms with Crippen molar-refractivity contribution in [2.45, 2.75) is 84.0 Å². The standard InChI is InChI=1S/C14H29.Na.H2O4S/c1-3-5-7-9-11-13-14-12-10-8-6-4-2;;1-5(2,3)4/h1,3-14H2,2H3;;(H2,1,2,3,4)/q-1;+1;. The van der Waals surface area contributed by atoms with Crippen LogP contribution < -0.4 is 29.6 Å². The second-order valence-corrected chi connectivity index (χ2v) is 5.73. The van der Waals surface area contributed by atoms with Crippen molar-refractivity contribution < 1.29 is 47.1 Å². The fourth-order valence-corrected chi connectivity index (χ4v) is 1.84. The second-order valence-electron chi connectivity index (χ2n) is 4.84. The topological polar surface area (TPSA) is 74.6 Å². The van der Waals surface area contributed by atoms with Gasteiger partial charge in [0.2, 0.25) is 0 Å². The second kappa shape index (κ2) is 19.9. The molecule has 0 unspecified atom stereocenters. The summed E-state index contributed by atoms with van der Waals surface area (Å²) in [4.78, 5) is 0. The number of hydrogen-bond acceptors (Lipinski definition) is 2. The van der Waals surface area contributed by atoms with Gasteiger partial charge in [0, 0.05) is 0 Å². The Hall–Kier alpha value is 0.870. The molecule has 0 aromatic heterocycles. The van der Waals surface area contributed by atoms with Crippen LogP contribution in [-0.2, 0) is 10.4 Å². The smallest absolute Gasteiger partial charge is 0.343 e. The first-order valence-electron chi connectivity index (χ1n) is 7.41. The van der Waals surface area contributed by atoms with Crippen LogP contribution in [0.3, 0.4) is 0 Å². The normalized spacial score (nSPS) is 10.4. The summed E-state index contributed by atoms with van der Waals surface area (Å²) in [6.45, 7) is 6.14. The number of hydrogen-bond donors (Lipinski definition) is 2. The molecule has 0 saturated heterocycles. The minimum Gasteiger partial charge on any atom is -0.343 e. The van der Waals surface area contributed by atoms with Gasteiger partial charge in [-0.05, 0) is 0 Å². The maximum Gasteiger partial charge on any atom is 1.00 e. The molecular weight excluding hydrogens is 287 g/mol. The predicted octanol–water partition coefficient (Wildman–Crippen LogP) is 1.87. The molecule has 0 atom stereocenters. The first-order chi connectivity index (χ1) is 8.91. The van der Waals surface area contributed by atoms with E-state index in [2.05, 4.69) is 13.8 Å². The van der Waals surface area contributed by atoms with Crippen molar-refractivity contribution in [1.29, 1.82) is 0 Å². The van der Waals surface area contributed by atoms with Crippen molar-refractivity contribution in [1.82, 2.24) is 0 Å². The third kappa shape index (κ3) is 42.8. The Balaban J connectivity index is -0.000000414. The summed E-state index contributed by atoms with van der Waals surface area (Å²) in [5, 5.41) is 0. The fraction of sp³-hybridized carbons (Fsp3) is 0.929. The molecular formula is C14H31NaO4S. The van der Waals surface area contributed by atoms with E-state index in [0.29, 0.717) is 0 Å². The van der Waals surface area contributed by atoms with E-state index in [1.165, 1.54) is 70.6 Å². The molecule has 20 heavy (non-hydrogen) atoms. The van der Waals surface area contributed by atoms with E-state index in [1.807, 2.05) is 0 Å². The Morgan fingerprint density at radius 1 is 0.750 bits per heavy atom. The van der Waals surface area contributed by atoms with Gasteiger partial charge in [-0.15, -0.1) is 0 Å². The van der Waals surface area contributed by atoms with Crippen LogP contribution in [0.15, 0.2) is 0 Å². The summed E-state index contributed by atoms with van der Waals surface area (Å²) in [6, 6.07) is 0. The Morgan fingerprint density at radius 3 is 1.25 bits per heavy atom. The van der Waals surface area contributed by atoms with Gasteiger partial charge in [-0.3, -0.25) is 9.11 Å². The molecule has 0 heterocycles. The maximum absolute atomic E-state index is 8.74. The van der Waals surface area contributed by atoms with Gasteiger partial charge in [-0.1, -0.05) is 77.6 Å². The molecule has 0 aromatic rings. The molecule has 0 amide bonds. The summed E-state index contributed by atoms with van der Waals surface area (Å²) in [7, 11) is -4.67. The number of unbranched alkanes of at least 4 members (excludes halogenated alkanes) is 11. The summed E-state index contributed by atoms with van der Waals surface area (Å²) < 4.78 is 31.6. The van der Waals surface area contributed by atoms with Crippen LogP contribution in [0.25, 0.3) is 0 Å². The molecule has 4 nitrogen and oxygen atoms in total. The summed E-state index contributed by atoms with van der Waals surface area (Å²) >= 11 is 0. The summed E-state index contributed by atoms with van der Waals surface area (Å²) in [5.41, 5.74) is 0. The van der Waals surface area contributed by atoms with Crippen LogP contribution in [0.2, 0.25) is 0 Å². The van der Waals surface area contributed by atoms with Gasteiger partial charge in [-0.25, -0.2) is 0 Å². The van der Waals surface area contributed by atoms with Crippen LogP contribution in [0.5, 0.6) is 0 Å². The maximum atomic E-state index is 8.74. The first-order valence-corrected chi connectivity index (χ1v) is 8.80. The molecule has 0 rings (SSSR count). The Morgan fingerprint density at radius 2 is 1.00 bits per heavy atom. The minimum absolute atomic E-state index is 0. The molecule has 0 spiro atoms. The van der Waals surface area contributed by atoms with Crippen LogP contribution in [-0.4, -0.2) is 17.5 Å². The summed E-state index contributed by atoms with van der Waals surface area (Å²) in [5.74, 6) is 0. The van der Waals surface area contributed by atoms with E-state index in [4.69, 9.17) is 17.5 Å². The quantitative estimate of drug-likeness (QED) is 0.264. The van der Waals surface area contributed by atoms with Crippen molar-refractivity contribution >= 4 is 10.4 Å². The number of rotatable bonds is 11. The van der Waals surface area contributed by atoms with Gasteiger partial charge in [0.25, 0.3) is 0 Å². The van der Waals surface area contributed by atoms with Gasteiger partial charge in [0.1, 0.15) is 0 Å². The van der Waals surface area contributed by atoms with E-state index in [-0.39, 0.29) is 29.6 Å². The van der Waals surface area contributed by atoms with Crippen molar-refractivity contribution in [2.24, 2.45) is 0 Å². The molecule has 0 bridgehead atoms. The Kier molecular flexibility index (Phi) is 25.6. The van der Waals surface area contributed by atoms with Crippen LogP contribution in [0, 0.1) is 6.92 Å². The zero-order valence-electron chi connectivity index (χ0n) is 13.3. The van der Waals surface area contributed by atoms with Crippen molar-refractivity contribution in [3.8, 4) is 0 Å². The zero-order chi connectivity index (χ0) is 15.0. The van der Waals surface area contributed by atoms with E-state index in [9.17, 15) is 0 Å². The largest absolute Gasteiger partial charge is 1.00 e. The average molecular weight is 318 g/mol. The van der Waals surface area contributed by atoms with Crippen LogP contribution >= 0.6 is 0 Å². The molecule has 0 saturated carbocycles. The van der Waals surface area contributed by atoms with E-state index < -0.39 is 10.4 Å². The first kappa shape index (κ1) is 25.8. The molecule has 118 valence electrons. The Bertz CT molecular complexity index is 236. The molecule has 0 aliphatic heterocycles. The average Bonchev–Trinajstić information content (AvgIpc) is 2.29. The van der Waals surface area contributed by atoms with Gasteiger partial charge in [0.15, 0.2) is 0 Å². The SMILES string of the molecule is O=S(=O)(O)O.[CH2-]CCCCCCCCCCCCC.[Na+]. The minimum atomic E-state index is -4.67. The monoisotopic (exact) mass is 318 g/mol. The van der Waals surface area contributed by atoms with Crippen molar-refractivity contribution in [3.05, 3.63) is 6.92 Å². The van der Waals surface area contributed by atoms with Gasteiger partial charge >= 0.3 is 40.0 Å². The third-order valence-corrected chi connectivity index (χ3v) is 2.85. The van der Waals surface area contributed by atoms with E-state index in [1.54, 1.807) is 0 Å². The molecule has 0 aliphatic carbocycles. The summed E-state index contributed by atoms with van der Waals surface area (Å²) in [6.07, 6.45) is 16.9. The zero-order valence-corrected chi connectivity index (χ0v) is 16.1. The van der Waals surface area contributed by atoms with Crippen molar-refractivity contribution in [3.63, 3.8) is 0 Å². The predicted molar refractivity (Wildman–Crippen MR) is 80.6 cm³/mol. The fourth-order valence-electron chi connectivity index (χ4n) is 1.84. The molecule has 0 aliphatic rings. The van der Waals surface area contributed by atoms with Gasteiger partial charge < -0.3 is 6.92 Å². The Labute approximate surface area is 148 Å². The third-order valence-electron chi connectivity index (χ3n) is 2.85. The molecule has 0 radical (unpaired) electrons. The van der Waals surface area contributed by atoms with Crippen LogP contribution in [0.4, 0.5) is 0 Å². The van der Waals surface area contributed by atoms with Gasteiger partial charge in [-0.2, -0.15) is 14.8 Å². The molecule has 2 N–H and O–H groups in total. The molecule has 0 fully saturated rings. The van der Waals surface area contributed by atoms with Crippen LogP contribution in [0.1, 0.15) is 84.0 Å². The van der Waals surface area contributed by atoms with Gasteiger partial charge in [0.05, 0.1) is 0 Å². The molecule has 0 aromatic carbocycles. The van der Waals surface area contributed by atoms with Crippen molar-refractivity contribution in [2.75, 3.05) is 0 Å². The van der Waals surface area contributed by atoms with E-state index >= 15 is 0 Å². The van der Waals surface area contributed by atoms with E-state index in [0.717, 1.165) is 6.42 Å². The molecule has 6 heteroatoms.